The van der Waals surface area contributed by atoms with Crippen LogP contribution in [0.25, 0.3) is 10.6 Å². The molecule has 3 aromatic rings. The van der Waals surface area contributed by atoms with Gasteiger partial charge in [-0.15, -0.1) is 11.3 Å². The fourth-order valence-corrected chi connectivity index (χ4v) is 4.89. The van der Waals surface area contributed by atoms with Gasteiger partial charge in [0.2, 0.25) is 5.91 Å². The summed E-state index contributed by atoms with van der Waals surface area (Å²) >= 11 is 1.71. The molecule has 1 N–H and O–H groups in total. The zero-order valence-corrected chi connectivity index (χ0v) is 16.8. The van der Waals surface area contributed by atoms with E-state index in [0.29, 0.717) is 12.8 Å². The van der Waals surface area contributed by atoms with Crippen molar-refractivity contribution in [1.82, 2.24) is 10.3 Å². The van der Waals surface area contributed by atoms with E-state index in [1.807, 2.05) is 42.5 Å². The van der Waals surface area contributed by atoms with E-state index in [1.165, 1.54) is 4.88 Å². The molecule has 0 bridgehead atoms. The van der Waals surface area contributed by atoms with E-state index in [-0.39, 0.29) is 11.9 Å². The molecule has 1 heterocycles. The van der Waals surface area contributed by atoms with Gasteiger partial charge in [-0.05, 0) is 37.3 Å². The Hall–Kier alpha value is -2.66. The van der Waals surface area contributed by atoms with Gasteiger partial charge in [-0.1, -0.05) is 48.5 Å². The quantitative estimate of drug-likeness (QED) is 0.646. The first-order valence-corrected chi connectivity index (χ1v) is 10.5. The van der Waals surface area contributed by atoms with Crippen molar-refractivity contribution in [3.63, 3.8) is 0 Å². The predicted molar refractivity (Wildman–Crippen MR) is 113 cm³/mol. The SMILES string of the molecule is COc1ccccc1CCC(=O)NC1CCCc2nc(-c3ccccc3)sc21. The summed E-state index contributed by atoms with van der Waals surface area (Å²) in [5.74, 6) is 0.920. The Morgan fingerprint density at radius 3 is 2.79 bits per heavy atom. The maximum Gasteiger partial charge on any atom is 0.220 e. The lowest BCUT2D eigenvalue weighted by Gasteiger charge is -2.22. The second-order valence-corrected chi connectivity index (χ2v) is 8.05. The minimum atomic E-state index is 0.0730. The molecule has 5 heteroatoms. The molecular formula is C23H24N2O2S. The maximum atomic E-state index is 12.6. The molecule has 1 atom stereocenters. The molecule has 144 valence electrons. The number of hydrogen-bond donors (Lipinski definition) is 1. The van der Waals surface area contributed by atoms with Crippen molar-refractivity contribution < 1.29 is 9.53 Å². The Morgan fingerprint density at radius 1 is 1.18 bits per heavy atom. The zero-order valence-electron chi connectivity index (χ0n) is 16.0. The number of nitrogens with one attached hydrogen (secondary N) is 1. The summed E-state index contributed by atoms with van der Waals surface area (Å²) in [6.07, 6.45) is 4.16. The van der Waals surface area contributed by atoms with Crippen molar-refractivity contribution in [1.29, 1.82) is 0 Å². The predicted octanol–water partition coefficient (Wildman–Crippen LogP) is 4.95. The number of benzene rings is 2. The molecule has 1 amide bonds. The lowest BCUT2D eigenvalue weighted by Crippen LogP contribution is -2.30. The van der Waals surface area contributed by atoms with Crippen LogP contribution in [0, 0.1) is 0 Å². The topological polar surface area (TPSA) is 51.2 Å². The van der Waals surface area contributed by atoms with E-state index in [1.54, 1.807) is 18.4 Å². The summed E-state index contributed by atoms with van der Waals surface area (Å²) in [6.45, 7) is 0. The van der Waals surface area contributed by atoms with Gasteiger partial charge in [0.05, 0.1) is 23.7 Å². The van der Waals surface area contributed by atoms with E-state index in [2.05, 4.69) is 17.4 Å². The molecule has 1 aliphatic rings. The molecule has 0 radical (unpaired) electrons. The van der Waals surface area contributed by atoms with E-state index in [4.69, 9.17) is 9.72 Å². The standard InChI is InChI=1S/C23H24N2O2S/c1-27-20-13-6-5-8-16(20)14-15-21(26)24-18-11-7-12-19-22(18)28-23(25-19)17-9-3-2-4-10-17/h2-6,8-10,13,18H,7,11-12,14-15H2,1H3,(H,24,26). The molecule has 1 aliphatic carbocycles. The molecule has 0 aliphatic heterocycles. The summed E-state index contributed by atoms with van der Waals surface area (Å²) in [4.78, 5) is 18.7. The number of methoxy groups -OCH3 is 1. The smallest absolute Gasteiger partial charge is 0.220 e. The summed E-state index contributed by atoms with van der Waals surface area (Å²) in [5.41, 5.74) is 3.35. The Balaban J connectivity index is 1.43. The van der Waals surface area contributed by atoms with Crippen LogP contribution in [0.5, 0.6) is 5.75 Å². The van der Waals surface area contributed by atoms with E-state index >= 15 is 0 Å². The van der Waals surface area contributed by atoms with Crippen LogP contribution in [-0.2, 0) is 17.6 Å². The molecule has 2 aromatic carbocycles. The van der Waals surface area contributed by atoms with Crippen LogP contribution < -0.4 is 10.1 Å². The van der Waals surface area contributed by atoms with Gasteiger partial charge in [0.25, 0.3) is 0 Å². The Labute approximate surface area is 169 Å². The molecule has 0 fully saturated rings. The molecule has 1 aromatic heterocycles. The first kappa shape index (κ1) is 18.7. The number of rotatable bonds is 6. The lowest BCUT2D eigenvalue weighted by atomic mass is 9.97. The minimum Gasteiger partial charge on any atom is -0.496 e. The lowest BCUT2D eigenvalue weighted by molar-refractivity contribution is -0.121. The van der Waals surface area contributed by atoms with Gasteiger partial charge in [-0.25, -0.2) is 4.98 Å². The van der Waals surface area contributed by atoms with E-state index < -0.39 is 0 Å². The average Bonchev–Trinajstić information content (AvgIpc) is 3.18. The number of aromatic nitrogens is 1. The van der Waals surface area contributed by atoms with E-state index in [9.17, 15) is 4.79 Å². The van der Waals surface area contributed by atoms with Gasteiger partial charge in [0.1, 0.15) is 10.8 Å². The number of ether oxygens (including phenoxy) is 1. The Kier molecular flexibility index (Phi) is 5.72. The summed E-state index contributed by atoms with van der Waals surface area (Å²) in [7, 11) is 1.66. The van der Waals surface area contributed by atoms with Crippen LogP contribution in [0.3, 0.4) is 0 Å². The van der Waals surface area contributed by atoms with Gasteiger partial charge >= 0.3 is 0 Å². The van der Waals surface area contributed by atoms with Crippen molar-refractivity contribution in [2.45, 2.75) is 38.1 Å². The van der Waals surface area contributed by atoms with Crippen LogP contribution >= 0.6 is 11.3 Å². The highest BCUT2D eigenvalue weighted by Gasteiger charge is 2.26. The number of fused-ring (bicyclic) bond motifs is 1. The van der Waals surface area contributed by atoms with Crippen molar-refractivity contribution in [3.05, 3.63) is 70.7 Å². The van der Waals surface area contributed by atoms with E-state index in [0.717, 1.165) is 46.8 Å². The molecule has 28 heavy (non-hydrogen) atoms. The fourth-order valence-electron chi connectivity index (χ4n) is 3.69. The molecule has 0 saturated carbocycles. The Bertz CT molecular complexity index is 952. The normalized spacial score (nSPS) is 15.7. The number of hydrogen-bond acceptors (Lipinski definition) is 4. The van der Waals surface area contributed by atoms with Gasteiger partial charge in [0.15, 0.2) is 0 Å². The van der Waals surface area contributed by atoms with Crippen LogP contribution in [-0.4, -0.2) is 18.0 Å². The van der Waals surface area contributed by atoms with Crippen LogP contribution in [0.1, 0.15) is 41.4 Å². The number of aryl methyl sites for hydroxylation is 2. The number of amides is 1. The van der Waals surface area contributed by atoms with Gasteiger partial charge < -0.3 is 10.1 Å². The third-order valence-corrected chi connectivity index (χ3v) is 6.38. The average molecular weight is 393 g/mol. The molecule has 4 rings (SSSR count). The first-order valence-electron chi connectivity index (χ1n) is 9.71. The van der Waals surface area contributed by atoms with Gasteiger partial charge in [-0.3, -0.25) is 4.79 Å². The zero-order chi connectivity index (χ0) is 19.3. The van der Waals surface area contributed by atoms with Gasteiger partial charge in [-0.2, -0.15) is 0 Å². The Morgan fingerprint density at radius 2 is 1.96 bits per heavy atom. The maximum absolute atomic E-state index is 12.6. The number of thiazole rings is 1. The summed E-state index contributed by atoms with van der Waals surface area (Å²) < 4.78 is 5.38. The van der Waals surface area contributed by atoms with Crippen molar-refractivity contribution >= 4 is 17.2 Å². The highest BCUT2D eigenvalue weighted by atomic mass is 32.1. The molecule has 1 unspecified atom stereocenters. The number of para-hydroxylation sites is 1. The largest absolute Gasteiger partial charge is 0.496 e. The molecule has 0 spiro atoms. The third-order valence-electron chi connectivity index (χ3n) is 5.12. The minimum absolute atomic E-state index is 0.0730. The summed E-state index contributed by atoms with van der Waals surface area (Å²) in [5, 5.41) is 4.28. The summed E-state index contributed by atoms with van der Waals surface area (Å²) in [6, 6.07) is 18.2. The number of carbonyl (C=O) groups is 1. The molecular weight excluding hydrogens is 368 g/mol. The number of carbonyl (C=O) groups excluding carboxylic acids is 1. The highest BCUT2D eigenvalue weighted by molar-refractivity contribution is 7.15. The highest BCUT2D eigenvalue weighted by Crippen LogP contribution is 2.38. The van der Waals surface area contributed by atoms with Crippen LogP contribution in [0.2, 0.25) is 0 Å². The van der Waals surface area contributed by atoms with Crippen molar-refractivity contribution in [2.24, 2.45) is 0 Å². The second-order valence-electron chi connectivity index (χ2n) is 7.02. The fraction of sp³-hybridized carbons (Fsp3) is 0.304. The van der Waals surface area contributed by atoms with Crippen LogP contribution in [0.15, 0.2) is 54.6 Å². The third kappa shape index (κ3) is 4.09. The monoisotopic (exact) mass is 392 g/mol. The molecule has 4 nitrogen and oxygen atoms in total. The second kappa shape index (κ2) is 8.57. The van der Waals surface area contributed by atoms with Gasteiger partial charge in [0, 0.05) is 12.0 Å². The van der Waals surface area contributed by atoms with Crippen LogP contribution in [0.4, 0.5) is 0 Å². The van der Waals surface area contributed by atoms with Crippen molar-refractivity contribution in [3.8, 4) is 16.3 Å². The van der Waals surface area contributed by atoms with Crippen molar-refractivity contribution in [2.75, 3.05) is 7.11 Å². The number of nitrogens with zero attached hydrogens (tertiary/aromatic N) is 1. The first-order chi connectivity index (χ1) is 13.7. The molecule has 0 saturated heterocycles.